The van der Waals surface area contributed by atoms with E-state index < -0.39 is 11.6 Å². The number of hydrogen-bond donors (Lipinski definition) is 2. The molecule has 1 saturated heterocycles. The molecular formula is C12H21NO4. The molecule has 0 bridgehead atoms. The van der Waals surface area contributed by atoms with Gasteiger partial charge in [0, 0.05) is 32.4 Å². The van der Waals surface area contributed by atoms with Gasteiger partial charge in [-0.2, -0.15) is 0 Å². The number of carboxylic acids is 1. The molecule has 1 aliphatic rings. The maximum absolute atomic E-state index is 11.8. The Kier molecular flexibility index (Phi) is 4.93. The molecule has 1 fully saturated rings. The van der Waals surface area contributed by atoms with Crippen molar-refractivity contribution >= 4 is 11.9 Å². The summed E-state index contributed by atoms with van der Waals surface area (Å²) in [5.41, 5.74) is -1.64. The summed E-state index contributed by atoms with van der Waals surface area (Å²) in [5, 5.41) is 18.6. The van der Waals surface area contributed by atoms with Crippen LogP contribution in [-0.4, -0.2) is 45.7 Å². The Morgan fingerprint density at radius 1 is 1.24 bits per heavy atom. The summed E-state index contributed by atoms with van der Waals surface area (Å²) in [7, 11) is 0. The third kappa shape index (κ3) is 3.70. The first-order chi connectivity index (χ1) is 7.99. The van der Waals surface area contributed by atoms with Crippen LogP contribution in [-0.2, 0) is 9.59 Å². The van der Waals surface area contributed by atoms with Crippen LogP contribution in [0.3, 0.4) is 0 Å². The van der Waals surface area contributed by atoms with E-state index in [1.165, 1.54) is 0 Å². The molecule has 0 unspecified atom stereocenters. The Hall–Kier alpha value is -1.10. The van der Waals surface area contributed by atoms with Crippen LogP contribution in [0.5, 0.6) is 0 Å². The Balaban J connectivity index is 2.36. The molecule has 5 nitrogen and oxygen atoms in total. The van der Waals surface area contributed by atoms with Crippen molar-refractivity contribution in [2.75, 3.05) is 13.1 Å². The summed E-state index contributed by atoms with van der Waals surface area (Å²) in [6.45, 7) is 2.76. The second kappa shape index (κ2) is 6.00. The Labute approximate surface area is 101 Å². The number of carbonyl (C=O) groups is 2. The predicted molar refractivity (Wildman–Crippen MR) is 62.5 cm³/mol. The second-order valence-electron chi connectivity index (χ2n) is 4.67. The summed E-state index contributed by atoms with van der Waals surface area (Å²) in [6.07, 6.45) is 3.78. The minimum absolute atomic E-state index is 0.0749. The van der Waals surface area contributed by atoms with Gasteiger partial charge in [-0.25, -0.2) is 4.79 Å². The molecule has 0 saturated carbocycles. The van der Waals surface area contributed by atoms with Crippen molar-refractivity contribution in [2.45, 2.75) is 51.0 Å². The molecule has 0 aliphatic carbocycles. The van der Waals surface area contributed by atoms with Crippen molar-refractivity contribution in [1.29, 1.82) is 0 Å². The quantitative estimate of drug-likeness (QED) is 0.706. The van der Waals surface area contributed by atoms with Crippen LogP contribution in [0.15, 0.2) is 0 Å². The van der Waals surface area contributed by atoms with Crippen molar-refractivity contribution in [3.05, 3.63) is 0 Å². The number of unbranched alkanes of at least 4 members (excludes halogenated alkanes) is 2. The lowest BCUT2D eigenvalue weighted by atomic mass is 9.91. The van der Waals surface area contributed by atoms with Crippen molar-refractivity contribution < 1.29 is 19.8 Å². The predicted octanol–water partition coefficient (Wildman–Crippen LogP) is 1.00. The third-order valence-corrected chi connectivity index (χ3v) is 3.34. The molecule has 1 rings (SSSR count). The first-order valence-electron chi connectivity index (χ1n) is 6.23. The van der Waals surface area contributed by atoms with Gasteiger partial charge >= 0.3 is 5.97 Å². The highest BCUT2D eigenvalue weighted by atomic mass is 16.4. The number of likely N-dealkylation sites (tertiary alicyclic amines) is 1. The maximum atomic E-state index is 11.8. The number of amides is 1. The topological polar surface area (TPSA) is 77.8 Å². The van der Waals surface area contributed by atoms with Crippen molar-refractivity contribution in [3.63, 3.8) is 0 Å². The van der Waals surface area contributed by atoms with E-state index in [0.717, 1.165) is 19.3 Å². The number of piperidine rings is 1. The zero-order valence-corrected chi connectivity index (χ0v) is 10.3. The highest BCUT2D eigenvalue weighted by Crippen LogP contribution is 2.23. The van der Waals surface area contributed by atoms with Crippen molar-refractivity contribution in [3.8, 4) is 0 Å². The molecule has 0 aromatic heterocycles. The number of aliphatic hydroxyl groups is 1. The normalized spacial score (nSPS) is 19.1. The average Bonchev–Trinajstić information content (AvgIpc) is 2.30. The first-order valence-corrected chi connectivity index (χ1v) is 6.23. The molecule has 0 atom stereocenters. The molecule has 1 heterocycles. The van der Waals surface area contributed by atoms with E-state index in [9.17, 15) is 14.7 Å². The van der Waals surface area contributed by atoms with Crippen LogP contribution >= 0.6 is 0 Å². The largest absolute Gasteiger partial charge is 0.479 e. The van der Waals surface area contributed by atoms with E-state index in [1.54, 1.807) is 4.90 Å². The van der Waals surface area contributed by atoms with Crippen molar-refractivity contribution in [1.82, 2.24) is 4.90 Å². The molecule has 0 radical (unpaired) electrons. The summed E-state index contributed by atoms with van der Waals surface area (Å²) >= 11 is 0. The Morgan fingerprint density at radius 3 is 2.29 bits per heavy atom. The SMILES string of the molecule is CCCCCC(=O)N1CCC(O)(C(=O)O)CC1. The van der Waals surface area contributed by atoms with Gasteiger partial charge in [0.2, 0.25) is 5.91 Å². The molecule has 2 N–H and O–H groups in total. The second-order valence-corrected chi connectivity index (χ2v) is 4.67. The van der Waals surface area contributed by atoms with Gasteiger partial charge in [-0.3, -0.25) is 4.79 Å². The smallest absolute Gasteiger partial charge is 0.335 e. The minimum Gasteiger partial charge on any atom is -0.479 e. The van der Waals surface area contributed by atoms with Gasteiger partial charge in [0.25, 0.3) is 0 Å². The van der Waals surface area contributed by atoms with Gasteiger partial charge in [-0.1, -0.05) is 19.8 Å². The number of carboxylic acid groups (broad SMARTS) is 1. The van der Waals surface area contributed by atoms with Crippen molar-refractivity contribution in [2.24, 2.45) is 0 Å². The average molecular weight is 243 g/mol. The molecule has 1 amide bonds. The van der Waals surface area contributed by atoms with Crippen LogP contribution in [0.25, 0.3) is 0 Å². The van der Waals surface area contributed by atoms with Crippen LogP contribution in [0, 0.1) is 0 Å². The molecule has 0 spiro atoms. The Bertz CT molecular complexity index is 282. The monoisotopic (exact) mass is 243 g/mol. The molecular weight excluding hydrogens is 222 g/mol. The van der Waals surface area contributed by atoms with E-state index >= 15 is 0 Å². The number of carbonyl (C=O) groups excluding carboxylic acids is 1. The lowest BCUT2D eigenvalue weighted by Crippen LogP contribution is -2.50. The third-order valence-electron chi connectivity index (χ3n) is 3.34. The lowest BCUT2D eigenvalue weighted by molar-refractivity contribution is -0.165. The van der Waals surface area contributed by atoms with Gasteiger partial charge in [-0.15, -0.1) is 0 Å². The van der Waals surface area contributed by atoms with E-state index in [4.69, 9.17) is 5.11 Å². The van der Waals surface area contributed by atoms with E-state index in [2.05, 4.69) is 6.92 Å². The summed E-state index contributed by atoms with van der Waals surface area (Å²) < 4.78 is 0. The Morgan fingerprint density at radius 2 is 1.82 bits per heavy atom. The fourth-order valence-corrected chi connectivity index (χ4v) is 2.02. The highest BCUT2D eigenvalue weighted by molar-refractivity contribution is 5.79. The molecule has 98 valence electrons. The first kappa shape index (κ1) is 14.0. The van der Waals surface area contributed by atoms with E-state index in [-0.39, 0.29) is 18.7 Å². The molecule has 17 heavy (non-hydrogen) atoms. The maximum Gasteiger partial charge on any atom is 0.335 e. The fourth-order valence-electron chi connectivity index (χ4n) is 2.02. The summed E-state index contributed by atoms with van der Waals surface area (Å²) in [5.74, 6) is -1.11. The zero-order valence-electron chi connectivity index (χ0n) is 10.3. The fraction of sp³-hybridized carbons (Fsp3) is 0.833. The highest BCUT2D eigenvalue weighted by Gasteiger charge is 2.40. The van der Waals surface area contributed by atoms with E-state index in [1.807, 2.05) is 0 Å². The van der Waals surface area contributed by atoms with E-state index in [0.29, 0.717) is 19.5 Å². The molecule has 0 aromatic rings. The molecule has 1 aliphatic heterocycles. The molecule has 0 aromatic carbocycles. The standard InChI is InChI=1S/C12H21NO4/c1-2-3-4-5-10(14)13-8-6-12(17,7-9-13)11(15)16/h17H,2-9H2,1H3,(H,15,16). The molecule has 5 heteroatoms. The van der Waals surface area contributed by atoms with Crippen LogP contribution in [0.2, 0.25) is 0 Å². The van der Waals surface area contributed by atoms with Crippen LogP contribution in [0.4, 0.5) is 0 Å². The van der Waals surface area contributed by atoms with Gasteiger partial charge in [0.1, 0.15) is 0 Å². The summed E-state index contributed by atoms with van der Waals surface area (Å²) in [6, 6.07) is 0. The van der Waals surface area contributed by atoms with Gasteiger partial charge in [0.15, 0.2) is 5.60 Å². The van der Waals surface area contributed by atoms with Gasteiger partial charge in [-0.05, 0) is 6.42 Å². The number of rotatable bonds is 5. The van der Waals surface area contributed by atoms with Crippen LogP contribution in [0.1, 0.15) is 45.4 Å². The number of hydrogen-bond acceptors (Lipinski definition) is 3. The van der Waals surface area contributed by atoms with Crippen LogP contribution < -0.4 is 0 Å². The number of aliphatic carboxylic acids is 1. The lowest BCUT2D eigenvalue weighted by Gasteiger charge is -2.35. The minimum atomic E-state index is -1.64. The van der Waals surface area contributed by atoms with Gasteiger partial charge in [0.05, 0.1) is 0 Å². The van der Waals surface area contributed by atoms with Gasteiger partial charge < -0.3 is 15.1 Å². The number of nitrogens with zero attached hydrogens (tertiary/aromatic N) is 1. The zero-order chi connectivity index (χ0) is 12.9. The summed E-state index contributed by atoms with van der Waals surface area (Å²) in [4.78, 5) is 24.2.